The summed E-state index contributed by atoms with van der Waals surface area (Å²) in [5.74, 6) is 1.49. The van der Waals surface area contributed by atoms with Gasteiger partial charge in [0.25, 0.3) is 0 Å². The predicted molar refractivity (Wildman–Crippen MR) is 95.0 cm³/mol. The summed E-state index contributed by atoms with van der Waals surface area (Å²) in [6.07, 6.45) is 5.40. The van der Waals surface area contributed by atoms with Crippen molar-refractivity contribution in [2.75, 3.05) is 25.1 Å². The van der Waals surface area contributed by atoms with Crippen molar-refractivity contribution in [3.05, 3.63) is 48.3 Å². The molecule has 1 aromatic carbocycles. The topological polar surface area (TPSA) is 55.3 Å². The molecule has 2 aromatic rings. The lowest BCUT2D eigenvalue weighted by molar-refractivity contribution is -0.145. The smallest absolute Gasteiger partial charge is 0.310 e. The van der Waals surface area contributed by atoms with Crippen LogP contribution in [-0.2, 0) is 15.3 Å². The number of carbonyl (C=O) groups excluding carboxylic acids is 1. The quantitative estimate of drug-likeness (QED) is 0.614. The van der Waals surface area contributed by atoms with Gasteiger partial charge in [-0.1, -0.05) is 30.3 Å². The molecule has 1 aliphatic heterocycles. The van der Waals surface area contributed by atoms with Crippen molar-refractivity contribution in [3.8, 4) is 0 Å². The summed E-state index contributed by atoms with van der Waals surface area (Å²) < 4.78 is 4.88. The third-order valence-electron chi connectivity index (χ3n) is 4.11. The molecule has 6 heteroatoms. The van der Waals surface area contributed by atoms with E-state index in [0.29, 0.717) is 6.54 Å². The lowest BCUT2D eigenvalue weighted by Crippen LogP contribution is -2.39. The van der Waals surface area contributed by atoms with Crippen molar-refractivity contribution in [1.82, 2.24) is 9.97 Å². The number of anilines is 1. The second-order valence-electron chi connectivity index (χ2n) is 5.80. The average molecular weight is 343 g/mol. The fourth-order valence-electron chi connectivity index (χ4n) is 2.84. The van der Waals surface area contributed by atoms with Crippen LogP contribution in [0, 0.1) is 5.92 Å². The monoisotopic (exact) mass is 343 g/mol. The van der Waals surface area contributed by atoms with Crippen molar-refractivity contribution in [1.29, 1.82) is 0 Å². The standard InChI is InChI=1S/C18H21N3O2S/c1-23-18(22)15-8-5-9-21(12-15)16-10-19-11-17(20-16)24-13-14-6-3-2-4-7-14/h2-4,6-7,10-11,15H,5,8-9,12-13H2,1H3/t15-/m0/s1. The maximum atomic E-state index is 11.8. The first-order chi connectivity index (χ1) is 11.8. The molecule has 0 saturated carbocycles. The van der Waals surface area contributed by atoms with Crippen LogP contribution < -0.4 is 4.90 Å². The van der Waals surface area contributed by atoms with E-state index in [-0.39, 0.29) is 11.9 Å². The summed E-state index contributed by atoms with van der Waals surface area (Å²) in [6.45, 7) is 1.54. The molecule has 0 amide bonds. The number of nitrogens with zero attached hydrogens (tertiary/aromatic N) is 3. The average Bonchev–Trinajstić information content (AvgIpc) is 2.67. The predicted octanol–water partition coefficient (Wildman–Crippen LogP) is 3.16. The summed E-state index contributed by atoms with van der Waals surface area (Å²) in [7, 11) is 1.45. The van der Waals surface area contributed by atoms with Crippen LogP contribution in [0.4, 0.5) is 5.82 Å². The van der Waals surface area contributed by atoms with Gasteiger partial charge in [0.05, 0.1) is 25.4 Å². The van der Waals surface area contributed by atoms with E-state index in [1.54, 1.807) is 24.2 Å². The Morgan fingerprint density at radius 1 is 1.33 bits per heavy atom. The van der Waals surface area contributed by atoms with Crippen molar-refractivity contribution < 1.29 is 9.53 Å². The lowest BCUT2D eigenvalue weighted by Gasteiger charge is -2.32. The zero-order chi connectivity index (χ0) is 16.8. The Balaban J connectivity index is 1.65. The van der Waals surface area contributed by atoms with Gasteiger partial charge in [-0.05, 0) is 18.4 Å². The third kappa shape index (κ3) is 4.26. The van der Waals surface area contributed by atoms with Crippen LogP contribution in [0.3, 0.4) is 0 Å². The van der Waals surface area contributed by atoms with Crippen molar-refractivity contribution in [2.45, 2.75) is 23.6 Å². The maximum Gasteiger partial charge on any atom is 0.310 e. The number of benzene rings is 1. The highest BCUT2D eigenvalue weighted by Crippen LogP contribution is 2.25. The normalized spacial score (nSPS) is 17.5. The summed E-state index contributed by atoms with van der Waals surface area (Å²) in [5, 5.41) is 0.900. The van der Waals surface area contributed by atoms with E-state index in [1.807, 2.05) is 18.2 Å². The van der Waals surface area contributed by atoms with Gasteiger partial charge in [-0.25, -0.2) is 4.98 Å². The van der Waals surface area contributed by atoms with E-state index in [4.69, 9.17) is 9.72 Å². The van der Waals surface area contributed by atoms with Gasteiger partial charge in [-0.2, -0.15) is 0 Å². The van der Waals surface area contributed by atoms with Gasteiger partial charge in [0.2, 0.25) is 0 Å². The molecular weight excluding hydrogens is 322 g/mol. The zero-order valence-electron chi connectivity index (χ0n) is 13.7. The van der Waals surface area contributed by atoms with Gasteiger partial charge in [0, 0.05) is 18.8 Å². The van der Waals surface area contributed by atoms with E-state index in [0.717, 1.165) is 36.0 Å². The molecule has 3 rings (SSSR count). The molecule has 0 bridgehead atoms. The number of esters is 1. The van der Waals surface area contributed by atoms with E-state index in [2.05, 4.69) is 22.0 Å². The van der Waals surface area contributed by atoms with E-state index in [9.17, 15) is 4.79 Å². The summed E-state index contributed by atoms with van der Waals surface area (Å²) in [5.41, 5.74) is 1.26. The van der Waals surface area contributed by atoms with Crippen molar-refractivity contribution >= 4 is 23.5 Å². The molecule has 5 nitrogen and oxygen atoms in total. The highest BCUT2D eigenvalue weighted by Gasteiger charge is 2.27. The Bertz CT molecular complexity index is 681. The molecule has 0 aliphatic carbocycles. The van der Waals surface area contributed by atoms with Gasteiger partial charge >= 0.3 is 5.97 Å². The molecule has 1 saturated heterocycles. The number of methoxy groups -OCH3 is 1. The fourth-order valence-corrected chi connectivity index (χ4v) is 3.64. The minimum Gasteiger partial charge on any atom is -0.469 e. The summed E-state index contributed by atoms with van der Waals surface area (Å²) in [4.78, 5) is 22.9. The molecule has 2 heterocycles. The number of aromatic nitrogens is 2. The molecule has 0 N–H and O–H groups in total. The third-order valence-corrected chi connectivity index (χ3v) is 5.08. The largest absolute Gasteiger partial charge is 0.469 e. The zero-order valence-corrected chi connectivity index (χ0v) is 14.5. The lowest BCUT2D eigenvalue weighted by atomic mass is 9.98. The number of ether oxygens (including phenoxy) is 1. The Hall–Kier alpha value is -2.08. The van der Waals surface area contributed by atoms with Crippen LogP contribution in [0.15, 0.2) is 47.8 Å². The molecule has 0 unspecified atom stereocenters. The summed E-state index contributed by atoms with van der Waals surface area (Å²) in [6, 6.07) is 10.3. The van der Waals surface area contributed by atoms with Gasteiger partial charge < -0.3 is 9.64 Å². The van der Waals surface area contributed by atoms with Gasteiger partial charge in [-0.3, -0.25) is 9.78 Å². The molecule has 0 radical (unpaired) electrons. The van der Waals surface area contributed by atoms with E-state index in [1.165, 1.54) is 12.7 Å². The van der Waals surface area contributed by atoms with Crippen LogP contribution in [0.5, 0.6) is 0 Å². The minimum absolute atomic E-state index is 0.0776. The van der Waals surface area contributed by atoms with Crippen molar-refractivity contribution in [2.24, 2.45) is 5.92 Å². The highest BCUT2D eigenvalue weighted by molar-refractivity contribution is 7.98. The molecular formula is C18H21N3O2S. The van der Waals surface area contributed by atoms with Gasteiger partial charge in [0.15, 0.2) is 0 Å². The molecule has 1 aromatic heterocycles. The fraction of sp³-hybridized carbons (Fsp3) is 0.389. The first-order valence-corrected chi connectivity index (χ1v) is 9.06. The van der Waals surface area contributed by atoms with Crippen LogP contribution in [0.25, 0.3) is 0 Å². The number of hydrogen-bond donors (Lipinski definition) is 0. The van der Waals surface area contributed by atoms with E-state index < -0.39 is 0 Å². The van der Waals surface area contributed by atoms with E-state index >= 15 is 0 Å². The SMILES string of the molecule is COC(=O)[C@H]1CCCN(c2cncc(SCc3ccccc3)n2)C1. The molecule has 0 spiro atoms. The van der Waals surface area contributed by atoms with Crippen LogP contribution in [0.2, 0.25) is 0 Å². The Morgan fingerprint density at radius 2 is 2.17 bits per heavy atom. The molecule has 1 fully saturated rings. The van der Waals surface area contributed by atoms with Crippen LogP contribution in [0.1, 0.15) is 18.4 Å². The van der Waals surface area contributed by atoms with Crippen LogP contribution >= 0.6 is 11.8 Å². The van der Waals surface area contributed by atoms with Crippen molar-refractivity contribution in [3.63, 3.8) is 0 Å². The second-order valence-corrected chi connectivity index (χ2v) is 6.79. The maximum absolute atomic E-state index is 11.8. The first-order valence-electron chi connectivity index (χ1n) is 8.08. The van der Waals surface area contributed by atoms with Gasteiger partial charge in [-0.15, -0.1) is 11.8 Å². The molecule has 1 aliphatic rings. The second kappa shape index (κ2) is 8.15. The summed E-state index contributed by atoms with van der Waals surface area (Å²) >= 11 is 1.67. The Morgan fingerprint density at radius 3 is 2.96 bits per heavy atom. The number of hydrogen-bond acceptors (Lipinski definition) is 6. The van der Waals surface area contributed by atoms with Gasteiger partial charge in [0.1, 0.15) is 10.8 Å². The number of rotatable bonds is 5. The number of piperidine rings is 1. The first kappa shape index (κ1) is 16.8. The molecule has 126 valence electrons. The Labute approximate surface area is 146 Å². The Kier molecular flexibility index (Phi) is 5.69. The highest BCUT2D eigenvalue weighted by atomic mass is 32.2. The van der Waals surface area contributed by atoms with Crippen LogP contribution in [-0.4, -0.2) is 36.1 Å². The molecule has 1 atom stereocenters. The number of carbonyl (C=O) groups is 1. The molecule has 24 heavy (non-hydrogen) atoms. The minimum atomic E-state index is -0.137. The number of thioether (sulfide) groups is 1.